The first kappa shape index (κ1) is 13.3. The summed E-state index contributed by atoms with van der Waals surface area (Å²) in [5.41, 5.74) is 7.32. The Balaban J connectivity index is 2.81. The molecule has 0 radical (unpaired) electrons. The van der Waals surface area contributed by atoms with Crippen LogP contribution < -0.4 is 5.73 Å². The quantitative estimate of drug-likeness (QED) is 0.811. The highest BCUT2D eigenvalue weighted by Crippen LogP contribution is 2.27. The Morgan fingerprint density at radius 1 is 1.47 bits per heavy atom. The number of benzene rings is 1. The third-order valence-electron chi connectivity index (χ3n) is 2.69. The molecule has 1 aromatic carbocycles. The van der Waals surface area contributed by atoms with Gasteiger partial charge in [-0.05, 0) is 52.6 Å². The molecule has 1 nitrogen and oxygen atoms in total. The van der Waals surface area contributed by atoms with Crippen molar-refractivity contribution in [1.29, 1.82) is 0 Å². The van der Waals surface area contributed by atoms with Gasteiger partial charge in [0.2, 0.25) is 0 Å². The molecule has 15 heavy (non-hydrogen) atoms. The van der Waals surface area contributed by atoms with Gasteiger partial charge in [0, 0.05) is 9.61 Å². The van der Waals surface area contributed by atoms with Crippen molar-refractivity contribution in [2.24, 2.45) is 11.7 Å². The van der Waals surface area contributed by atoms with Crippen LogP contribution in [0.15, 0.2) is 18.2 Å². The predicted octanol–water partition coefficient (Wildman–Crippen LogP) is 4.38. The maximum Gasteiger partial charge on any atom is 0.0542 e. The van der Waals surface area contributed by atoms with Crippen LogP contribution in [0, 0.1) is 9.49 Å². The molecule has 2 atom stereocenters. The summed E-state index contributed by atoms with van der Waals surface area (Å²) >= 11 is 8.30. The summed E-state index contributed by atoms with van der Waals surface area (Å²) in [6.45, 7) is 4.38. The molecule has 1 rings (SSSR count). The van der Waals surface area contributed by atoms with Gasteiger partial charge in [0.25, 0.3) is 0 Å². The van der Waals surface area contributed by atoms with Gasteiger partial charge in [-0.25, -0.2) is 0 Å². The molecule has 1 aromatic rings. The van der Waals surface area contributed by atoms with Crippen LogP contribution in [0.2, 0.25) is 5.02 Å². The van der Waals surface area contributed by atoms with Gasteiger partial charge < -0.3 is 5.73 Å². The van der Waals surface area contributed by atoms with Gasteiger partial charge in [-0.15, -0.1) is 0 Å². The second-order valence-electron chi connectivity index (χ2n) is 3.97. The van der Waals surface area contributed by atoms with Crippen molar-refractivity contribution >= 4 is 34.2 Å². The van der Waals surface area contributed by atoms with Crippen molar-refractivity contribution in [1.82, 2.24) is 0 Å². The molecule has 0 fully saturated rings. The summed E-state index contributed by atoms with van der Waals surface area (Å²) < 4.78 is 1.08. The first-order chi connectivity index (χ1) is 7.06. The van der Waals surface area contributed by atoms with E-state index in [2.05, 4.69) is 42.5 Å². The van der Waals surface area contributed by atoms with Crippen LogP contribution in [0.3, 0.4) is 0 Å². The van der Waals surface area contributed by atoms with Gasteiger partial charge in [-0.1, -0.05) is 37.9 Å². The van der Waals surface area contributed by atoms with Crippen LogP contribution in [0.25, 0.3) is 0 Å². The summed E-state index contributed by atoms with van der Waals surface area (Å²) in [5, 5.41) is 0.798. The van der Waals surface area contributed by atoms with E-state index in [9.17, 15) is 0 Å². The number of halogens is 2. The van der Waals surface area contributed by atoms with Crippen molar-refractivity contribution in [2.75, 3.05) is 0 Å². The first-order valence-corrected chi connectivity index (χ1v) is 6.72. The molecule has 0 bridgehead atoms. The summed E-state index contributed by atoms with van der Waals surface area (Å²) in [5.74, 6) is 0.506. The van der Waals surface area contributed by atoms with Gasteiger partial charge >= 0.3 is 0 Å². The largest absolute Gasteiger partial charge is 0.324 e. The fraction of sp³-hybridized carbons (Fsp3) is 0.500. The van der Waals surface area contributed by atoms with Gasteiger partial charge in [-0.2, -0.15) is 0 Å². The first-order valence-electron chi connectivity index (χ1n) is 5.26. The molecular weight excluding hydrogens is 320 g/mol. The minimum Gasteiger partial charge on any atom is -0.324 e. The number of hydrogen-bond donors (Lipinski definition) is 1. The second kappa shape index (κ2) is 6.06. The predicted molar refractivity (Wildman–Crippen MR) is 75.2 cm³/mol. The van der Waals surface area contributed by atoms with E-state index in [1.807, 2.05) is 12.1 Å². The third kappa shape index (κ3) is 3.61. The lowest BCUT2D eigenvalue weighted by Crippen LogP contribution is -2.19. The third-order valence-corrected chi connectivity index (χ3v) is 4.26. The van der Waals surface area contributed by atoms with Crippen molar-refractivity contribution in [3.05, 3.63) is 32.4 Å². The van der Waals surface area contributed by atoms with Gasteiger partial charge in [0.05, 0.1) is 5.02 Å². The summed E-state index contributed by atoms with van der Waals surface area (Å²) in [6.07, 6.45) is 2.33. The van der Waals surface area contributed by atoms with E-state index in [1.165, 1.54) is 6.42 Å². The van der Waals surface area contributed by atoms with Crippen molar-refractivity contribution in [3.8, 4) is 0 Å². The molecule has 0 spiro atoms. The summed E-state index contributed by atoms with van der Waals surface area (Å²) in [7, 11) is 0. The molecule has 0 aliphatic heterocycles. The lowest BCUT2D eigenvalue weighted by Gasteiger charge is -2.20. The van der Waals surface area contributed by atoms with Crippen molar-refractivity contribution < 1.29 is 0 Å². The molecule has 2 N–H and O–H groups in total. The fourth-order valence-electron chi connectivity index (χ4n) is 1.68. The van der Waals surface area contributed by atoms with Crippen LogP contribution in [-0.4, -0.2) is 0 Å². The van der Waals surface area contributed by atoms with E-state index in [1.54, 1.807) is 0 Å². The second-order valence-corrected chi connectivity index (χ2v) is 5.53. The highest BCUT2D eigenvalue weighted by atomic mass is 127. The zero-order valence-electron chi connectivity index (χ0n) is 9.13. The lowest BCUT2D eigenvalue weighted by molar-refractivity contribution is 0.434. The van der Waals surface area contributed by atoms with E-state index in [0.717, 1.165) is 20.6 Å². The lowest BCUT2D eigenvalue weighted by atomic mass is 9.92. The average Bonchev–Trinajstić information content (AvgIpc) is 2.21. The van der Waals surface area contributed by atoms with Gasteiger partial charge in [0.15, 0.2) is 0 Å². The average molecular weight is 338 g/mol. The van der Waals surface area contributed by atoms with Gasteiger partial charge in [-0.3, -0.25) is 0 Å². The Morgan fingerprint density at radius 2 is 2.13 bits per heavy atom. The zero-order valence-corrected chi connectivity index (χ0v) is 12.0. The molecule has 0 aliphatic carbocycles. The van der Waals surface area contributed by atoms with Crippen LogP contribution in [0.5, 0.6) is 0 Å². The molecule has 0 heterocycles. The van der Waals surface area contributed by atoms with Crippen molar-refractivity contribution in [3.63, 3.8) is 0 Å². The van der Waals surface area contributed by atoms with Crippen LogP contribution in [-0.2, 0) is 0 Å². The van der Waals surface area contributed by atoms with E-state index in [-0.39, 0.29) is 6.04 Å². The zero-order chi connectivity index (χ0) is 11.4. The number of nitrogens with two attached hydrogens (primary N) is 1. The number of rotatable bonds is 4. The van der Waals surface area contributed by atoms with Crippen molar-refractivity contribution in [2.45, 2.75) is 32.7 Å². The van der Waals surface area contributed by atoms with E-state index in [0.29, 0.717) is 5.92 Å². The van der Waals surface area contributed by atoms with Gasteiger partial charge in [0.1, 0.15) is 0 Å². The Kier molecular flexibility index (Phi) is 5.36. The van der Waals surface area contributed by atoms with Crippen LogP contribution >= 0.6 is 34.2 Å². The Labute approximate surface area is 111 Å². The SMILES string of the molecule is CCCC(C)C(N)c1ccc(I)c(Cl)c1. The smallest absolute Gasteiger partial charge is 0.0542 e. The molecule has 0 aromatic heterocycles. The normalized spacial score (nSPS) is 15.0. The monoisotopic (exact) mass is 337 g/mol. The highest BCUT2D eigenvalue weighted by Gasteiger charge is 2.14. The maximum absolute atomic E-state index is 6.18. The molecule has 0 saturated carbocycles. The topological polar surface area (TPSA) is 26.0 Å². The molecular formula is C12H17ClIN. The Morgan fingerprint density at radius 3 is 2.67 bits per heavy atom. The molecule has 0 amide bonds. The molecule has 3 heteroatoms. The minimum atomic E-state index is 0.0967. The molecule has 0 aliphatic rings. The Hall–Kier alpha value is 0.200. The van der Waals surface area contributed by atoms with E-state index >= 15 is 0 Å². The minimum absolute atomic E-state index is 0.0967. The van der Waals surface area contributed by atoms with Crippen LogP contribution in [0.1, 0.15) is 38.3 Å². The van der Waals surface area contributed by atoms with E-state index < -0.39 is 0 Å². The maximum atomic E-state index is 6.18. The molecule has 2 unspecified atom stereocenters. The molecule has 84 valence electrons. The molecule has 0 saturated heterocycles. The summed E-state index contributed by atoms with van der Waals surface area (Å²) in [6, 6.07) is 6.18. The standard InChI is InChI=1S/C12H17ClIN/c1-3-4-8(2)12(15)9-5-6-11(14)10(13)7-9/h5-8,12H,3-4,15H2,1-2H3. The Bertz CT molecular complexity index is 327. The highest BCUT2D eigenvalue weighted by molar-refractivity contribution is 14.1. The fourth-order valence-corrected chi connectivity index (χ4v) is 2.21. The van der Waals surface area contributed by atoms with E-state index in [4.69, 9.17) is 17.3 Å². The van der Waals surface area contributed by atoms with Crippen LogP contribution in [0.4, 0.5) is 0 Å². The summed E-state index contributed by atoms with van der Waals surface area (Å²) in [4.78, 5) is 0. The number of hydrogen-bond acceptors (Lipinski definition) is 1.